The Bertz CT molecular complexity index is 518. The number of nitrogens with zero attached hydrogens (tertiary/aromatic N) is 1. The third kappa shape index (κ3) is 2.44. The Hall–Kier alpha value is -1.78. The van der Waals surface area contributed by atoms with E-state index in [0.29, 0.717) is 18.4 Å². The van der Waals surface area contributed by atoms with Crippen LogP contribution in [0, 0.1) is 22.0 Å². The number of fused-ring (bicyclic) bond motifs is 2. The molecule has 0 saturated heterocycles. The Morgan fingerprint density at radius 2 is 2.25 bits per heavy atom. The summed E-state index contributed by atoms with van der Waals surface area (Å²) in [6.45, 7) is 2.26. The van der Waals surface area contributed by atoms with Crippen molar-refractivity contribution in [3.63, 3.8) is 0 Å². The van der Waals surface area contributed by atoms with Gasteiger partial charge in [0.15, 0.2) is 5.75 Å². The fourth-order valence-electron chi connectivity index (χ4n) is 3.66. The monoisotopic (exact) mass is 276 g/mol. The number of rotatable bonds is 5. The van der Waals surface area contributed by atoms with Gasteiger partial charge in [-0.1, -0.05) is 6.42 Å². The number of benzene rings is 1. The van der Waals surface area contributed by atoms with Crippen LogP contribution < -0.4 is 10.1 Å². The molecule has 2 aliphatic carbocycles. The Kier molecular flexibility index (Phi) is 3.51. The zero-order valence-electron chi connectivity index (χ0n) is 11.7. The highest BCUT2D eigenvalue weighted by Gasteiger charge is 2.39. The van der Waals surface area contributed by atoms with Gasteiger partial charge in [-0.3, -0.25) is 10.1 Å². The molecule has 1 aromatic carbocycles. The third-order valence-corrected chi connectivity index (χ3v) is 4.55. The molecule has 0 spiro atoms. The lowest BCUT2D eigenvalue weighted by Crippen LogP contribution is -2.25. The van der Waals surface area contributed by atoms with Gasteiger partial charge in [-0.05, 0) is 44.1 Å². The molecule has 5 heteroatoms. The van der Waals surface area contributed by atoms with Crippen LogP contribution in [0.1, 0.15) is 32.6 Å². The van der Waals surface area contributed by atoms with E-state index < -0.39 is 4.92 Å². The molecule has 3 unspecified atom stereocenters. The van der Waals surface area contributed by atoms with Crippen molar-refractivity contribution in [2.24, 2.45) is 11.8 Å². The smallest absolute Gasteiger partial charge is 0.311 e. The summed E-state index contributed by atoms with van der Waals surface area (Å²) in [5, 5.41) is 14.5. The second kappa shape index (κ2) is 5.31. The van der Waals surface area contributed by atoms with E-state index in [1.165, 1.54) is 31.7 Å². The number of nitro benzene ring substituents is 1. The average Bonchev–Trinajstić information content (AvgIpc) is 3.01. The van der Waals surface area contributed by atoms with E-state index in [9.17, 15) is 10.1 Å². The minimum atomic E-state index is -0.397. The first-order valence-corrected chi connectivity index (χ1v) is 7.35. The van der Waals surface area contributed by atoms with Gasteiger partial charge in [0, 0.05) is 23.9 Å². The molecule has 1 aromatic rings. The molecule has 0 amide bonds. The van der Waals surface area contributed by atoms with Crippen LogP contribution in [0.25, 0.3) is 0 Å². The van der Waals surface area contributed by atoms with Gasteiger partial charge in [0.05, 0.1) is 11.5 Å². The van der Waals surface area contributed by atoms with Gasteiger partial charge in [0.2, 0.25) is 0 Å². The predicted molar refractivity (Wildman–Crippen MR) is 77.1 cm³/mol. The molecule has 20 heavy (non-hydrogen) atoms. The normalized spacial score (nSPS) is 27.6. The molecule has 3 rings (SSSR count). The van der Waals surface area contributed by atoms with Crippen molar-refractivity contribution in [3.05, 3.63) is 28.3 Å². The van der Waals surface area contributed by atoms with Crippen molar-refractivity contribution in [2.45, 2.75) is 38.6 Å². The molecule has 0 heterocycles. The molecular weight excluding hydrogens is 256 g/mol. The molecule has 5 nitrogen and oxygen atoms in total. The lowest BCUT2D eigenvalue weighted by atomic mass is 9.95. The van der Waals surface area contributed by atoms with Crippen molar-refractivity contribution in [1.82, 2.24) is 0 Å². The Balaban J connectivity index is 1.76. The minimum absolute atomic E-state index is 0.0327. The van der Waals surface area contributed by atoms with Crippen LogP contribution in [0.4, 0.5) is 11.4 Å². The molecule has 3 atom stereocenters. The Morgan fingerprint density at radius 1 is 1.40 bits per heavy atom. The Morgan fingerprint density at radius 3 is 2.85 bits per heavy atom. The van der Waals surface area contributed by atoms with Crippen molar-refractivity contribution in [2.75, 3.05) is 11.9 Å². The summed E-state index contributed by atoms with van der Waals surface area (Å²) in [6, 6.07) is 5.59. The maximum atomic E-state index is 11.0. The minimum Gasteiger partial charge on any atom is -0.487 e. The van der Waals surface area contributed by atoms with E-state index in [2.05, 4.69) is 5.32 Å². The predicted octanol–water partition coefficient (Wildman–Crippen LogP) is 3.59. The van der Waals surface area contributed by atoms with Crippen molar-refractivity contribution in [3.8, 4) is 5.75 Å². The highest BCUT2D eigenvalue weighted by Crippen LogP contribution is 2.45. The summed E-state index contributed by atoms with van der Waals surface area (Å²) in [6.07, 6.45) is 5.25. The van der Waals surface area contributed by atoms with Crippen LogP contribution >= 0.6 is 0 Å². The van der Waals surface area contributed by atoms with Gasteiger partial charge in [-0.25, -0.2) is 0 Å². The van der Waals surface area contributed by atoms with Gasteiger partial charge < -0.3 is 10.1 Å². The number of hydrogen-bond acceptors (Lipinski definition) is 4. The molecule has 0 aliphatic heterocycles. The van der Waals surface area contributed by atoms with E-state index in [4.69, 9.17) is 4.74 Å². The molecule has 2 bridgehead atoms. The molecule has 0 radical (unpaired) electrons. The SMILES string of the molecule is CCOc1cc(NC2CC3CCC2C3)ccc1[N+](=O)[O-]. The summed E-state index contributed by atoms with van der Waals surface area (Å²) >= 11 is 0. The fourth-order valence-corrected chi connectivity index (χ4v) is 3.66. The number of hydrogen-bond donors (Lipinski definition) is 1. The van der Waals surface area contributed by atoms with E-state index in [-0.39, 0.29) is 5.69 Å². The maximum absolute atomic E-state index is 11.0. The first-order chi connectivity index (χ1) is 9.67. The number of ether oxygens (including phenoxy) is 1. The topological polar surface area (TPSA) is 64.4 Å². The zero-order valence-corrected chi connectivity index (χ0v) is 11.7. The fraction of sp³-hybridized carbons (Fsp3) is 0.600. The molecule has 2 saturated carbocycles. The number of nitro groups is 1. The highest BCUT2D eigenvalue weighted by molar-refractivity contribution is 5.58. The summed E-state index contributed by atoms with van der Waals surface area (Å²) in [7, 11) is 0. The molecule has 0 aromatic heterocycles. The van der Waals surface area contributed by atoms with E-state index in [0.717, 1.165) is 17.5 Å². The van der Waals surface area contributed by atoms with Crippen LogP contribution in [-0.2, 0) is 0 Å². The molecule has 2 aliphatic rings. The number of anilines is 1. The van der Waals surface area contributed by atoms with Gasteiger partial charge in [-0.15, -0.1) is 0 Å². The Labute approximate surface area is 118 Å². The van der Waals surface area contributed by atoms with E-state index in [1.54, 1.807) is 12.1 Å². The maximum Gasteiger partial charge on any atom is 0.311 e. The number of nitrogens with one attached hydrogen (secondary N) is 1. The van der Waals surface area contributed by atoms with Gasteiger partial charge in [-0.2, -0.15) is 0 Å². The van der Waals surface area contributed by atoms with Crippen LogP contribution in [0.5, 0.6) is 5.75 Å². The average molecular weight is 276 g/mol. The molecule has 108 valence electrons. The molecule has 1 N–H and O–H groups in total. The first kappa shape index (κ1) is 13.2. The summed E-state index contributed by atoms with van der Waals surface area (Å²) in [5.74, 6) is 2.00. The van der Waals surface area contributed by atoms with Crippen LogP contribution in [-0.4, -0.2) is 17.6 Å². The van der Waals surface area contributed by atoms with Crippen LogP contribution in [0.3, 0.4) is 0 Å². The van der Waals surface area contributed by atoms with Gasteiger partial charge >= 0.3 is 5.69 Å². The molecular formula is C15H20N2O3. The van der Waals surface area contributed by atoms with Gasteiger partial charge in [0.25, 0.3) is 0 Å². The summed E-state index contributed by atoms with van der Waals surface area (Å²) in [4.78, 5) is 10.6. The van der Waals surface area contributed by atoms with Crippen LogP contribution in [0.15, 0.2) is 18.2 Å². The van der Waals surface area contributed by atoms with E-state index in [1.807, 2.05) is 6.92 Å². The summed E-state index contributed by atoms with van der Waals surface area (Å²) in [5.41, 5.74) is 0.960. The lowest BCUT2D eigenvalue weighted by Gasteiger charge is -2.24. The van der Waals surface area contributed by atoms with Crippen molar-refractivity contribution in [1.29, 1.82) is 0 Å². The summed E-state index contributed by atoms with van der Waals surface area (Å²) < 4.78 is 5.38. The zero-order chi connectivity index (χ0) is 14.1. The highest BCUT2D eigenvalue weighted by atomic mass is 16.6. The quantitative estimate of drug-likeness (QED) is 0.659. The first-order valence-electron chi connectivity index (χ1n) is 7.35. The van der Waals surface area contributed by atoms with Crippen LogP contribution in [0.2, 0.25) is 0 Å². The van der Waals surface area contributed by atoms with Crippen molar-refractivity contribution >= 4 is 11.4 Å². The van der Waals surface area contributed by atoms with Gasteiger partial charge in [0.1, 0.15) is 0 Å². The second-order valence-electron chi connectivity index (χ2n) is 5.80. The molecule has 2 fully saturated rings. The largest absolute Gasteiger partial charge is 0.487 e. The third-order valence-electron chi connectivity index (χ3n) is 4.55. The second-order valence-corrected chi connectivity index (χ2v) is 5.80. The van der Waals surface area contributed by atoms with Crippen molar-refractivity contribution < 1.29 is 9.66 Å². The van der Waals surface area contributed by atoms with E-state index >= 15 is 0 Å². The lowest BCUT2D eigenvalue weighted by molar-refractivity contribution is -0.385. The standard InChI is InChI=1S/C15H20N2O3/c1-2-20-15-9-12(5-6-14(15)17(18)19)16-13-8-10-3-4-11(13)7-10/h5-6,9-11,13,16H,2-4,7-8H2,1H3.